The number of hydrogen-bond donors (Lipinski definition) is 1. The normalized spacial score (nSPS) is 14.8. The van der Waals surface area contributed by atoms with Gasteiger partial charge in [0.15, 0.2) is 6.61 Å². The summed E-state index contributed by atoms with van der Waals surface area (Å²) in [7, 11) is 0. The second kappa shape index (κ2) is 8.08. The van der Waals surface area contributed by atoms with Crippen molar-refractivity contribution in [3.05, 3.63) is 45.8 Å². The van der Waals surface area contributed by atoms with Crippen molar-refractivity contribution < 1.29 is 23.8 Å². The van der Waals surface area contributed by atoms with Crippen molar-refractivity contribution in [2.75, 3.05) is 19.8 Å². The van der Waals surface area contributed by atoms with Gasteiger partial charge in [0, 0.05) is 0 Å². The van der Waals surface area contributed by atoms with Crippen LogP contribution in [0.3, 0.4) is 0 Å². The summed E-state index contributed by atoms with van der Waals surface area (Å²) in [6.45, 7) is 1.99. The number of amides is 1. The van der Waals surface area contributed by atoms with Crippen LogP contribution in [0.1, 0.15) is 18.5 Å². The fourth-order valence-electron chi connectivity index (χ4n) is 1.83. The molecule has 1 heterocycles. The second-order valence-corrected chi connectivity index (χ2v) is 5.55. The Morgan fingerprint density at radius 1 is 1.30 bits per heavy atom. The maximum Gasteiger partial charge on any atom is 0.377 e. The summed E-state index contributed by atoms with van der Waals surface area (Å²) in [5.41, 5.74) is 0.783. The van der Waals surface area contributed by atoms with Gasteiger partial charge in [0.05, 0.1) is 16.1 Å². The number of carbonyl (C=O) groups is 2. The van der Waals surface area contributed by atoms with Gasteiger partial charge < -0.3 is 19.5 Å². The highest BCUT2D eigenvalue weighted by Gasteiger charge is 2.18. The molecule has 0 unspecified atom stereocenters. The van der Waals surface area contributed by atoms with Gasteiger partial charge in [-0.05, 0) is 24.6 Å². The van der Waals surface area contributed by atoms with Gasteiger partial charge in [-0.1, -0.05) is 29.3 Å². The third kappa shape index (κ3) is 5.04. The van der Waals surface area contributed by atoms with Crippen LogP contribution in [0.2, 0.25) is 10.0 Å². The molecule has 0 aromatic heterocycles. The Kier molecular flexibility index (Phi) is 6.12. The molecule has 6 nitrogen and oxygen atoms in total. The van der Waals surface area contributed by atoms with Crippen molar-refractivity contribution in [1.82, 2.24) is 5.32 Å². The second-order valence-electron chi connectivity index (χ2n) is 4.74. The number of nitrogens with one attached hydrogen (secondary N) is 1. The van der Waals surface area contributed by atoms with Gasteiger partial charge in [-0.3, -0.25) is 4.79 Å². The monoisotopic (exact) mass is 359 g/mol. The first kappa shape index (κ1) is 17.4. The molecule has 124 valence electrons. The largest absolute Gasteiger partial charge is 0.493 e. The van der Waals surface area contributed by atoms with Crippen LogP contribution in [0.4, 0.5) is 0 Å². The molecular weight excluding hydrogens is 345 g/mol. The van der Waals surface area contributed by atoms with E-state index < -0.39 is 18.5 Å². The van der Waals surface area contributed by atoms with Crippen molar-refractivity contribution in [1.29, 1.82) is 0 Å². The smallest absolute Gasteiger partial charge is 0.377 e. The molecule has 1 amide bonds. The Hall–Kier alpha value is -1.92. The lowest BCUT2D eigenvalue weighted by Gasteiger charge is -2.16. The van der Waals surface area contributed by atoms with E-state index in [4.69, 9.17) is 37.4 Å². The van der Waals surface area contributed by atoms with Crippen molar-refractivity contribution in [2.24, 2.45) is 0 Å². The van der Waals surface area contributed by atoms with Crippen LogP contribution in [-0.4, -0.2) is 31.7 Å². The Balaban J connectivity index is 1.83. The summed E-state index contributed by atoms with van der Waals surface area (Å²) < 4.78 is 14.8. The third-order valence-corrected chi connectivity index (χ3v) is 3.74. The Bertz CT molecular complexity index is 632. The van der Waals surface area contributed by atoms with E-state index in [2.05, 4.69) is 5.32 Å². The average Bonchev–Trinajstić information content (AvgIpc) is 2.55. The zero-order valence-corrected chi connectivity index (χ0v) is 13.8. The molecule has 0 fully saturated rings. The topological polar surface area (TPSA) is 73.9 Å². The van der Waals surface area contributed by atoms with Gasteiger partial charge in [-0.15, -0.1) is 0 Å². The molecule has 1 atom stereocenters. The summed E-state index contributed by atoms with van der Waals surface area (Å²) >= 11 is 11.8. The molecule has 1 N–H and O–H groups in total. The highest BCUT2D eigenvalue weighted by Crippen LogP contribution is 2.25. The van der Waals surface area contributed by atoms with Crippen LogP contribution in [-0.2, 0) is 23.8 Å². The van der Waals surface area contributed by atoms with Crippen LogP contribution in [0, 0.1) is 0 Å². The molecule has 0 bridgehead atoms. The maximum atomic E-state index is 11.8. The molecule has 0 spiro atoms. The minimum atomic E-state index is -0.748. The van der Waals surface area contributed by atoms with Crippen molar-refractivity contribution in [3.8, 4) is 0 Å². The maximum absolute atomic E-state index is 11.8. The molecule has 1 aliphatic rings. The molecule has 1 aliphatic heterocycles. The highest BCUT2D eigenvalue weighted by atomic mass is 35.5. The minimum Gasteiger partial charge on any atom is -0.493 e. The van der Waals surface area contributed by atoms with E-state index in [0.717, 1.165) is 5.56 Å². The standard InChI is InChI=1S/C15H15Cl2NO5/c1-9(10-2-3-11(16)12(17)6-10)18-14(19)8-23-15(20)13-7-21-4-5-22-13/h2-3,6-7,9H,4-5,8H2,1H3,(H,18,19)/t9-/m1/s1. The van der Waals surface area contributed by atoms with Gasteiger partial charge in [-0.25, -0.2) is 4.79 Å². The van der Waals surface area contributed by atoms with E-state index in [0.29, 0.717) is 16.7 Å². The van der Waals surface area contributed by atoms with Crippen LogP contribution in [0.25, 0.3) is 0 Å². The highest BCUT2D eigenvalue weighted by molar-refractivity contribution is 6.42. The van der Waals surface area contributed by atoms with E-state index in [1.54, 1.807) is 25.1 Å². The van der Waals surface area contributed by atoms with E-state index in [1.807, 2.05) is 0 Å². The van der Waals surface area contributed by atoms with Gasteiger partial charge in [-0.2, -0.15) is 0 Å². The quantitative estimate of drug-likeness (QED) is 0.818. The number of esters is 1. The Labute approximate surface area is 143 Å². The van der Waals surface area contributed by atoms with E-state index >= 15 is 0 Å². The lowest BCUT2D eigenvalue weighted by Crippen LogP contribution is -2.31. The molecule has 0 aliphatic carbocycles. The fraction of sp³-hybridized carbons (Fsp3) is 0.333. The molecule has 0 radical (unpaired) electrons. The predicted molar refractivity (Wildman–Crippen MR) is 84.0 cm³/mol. The first-order valence-corrected chi connectivity index (χ1v) is 7.59. The van der Waals surface area contributed by atoms with Crippen molar-refractivity contribution in [3.63, 3.8) is 0 Å². The number of benzene rings is 1. The zero-order chi connectivity index (χ0) is 16.8. The van der Waals surface area contributed by atoms with Gasteiger partial charge in [0.1, 0.15) is 19.5 Å². The van der Waals surface area contributed by atoms with Gasteiger partial charge >= 0.3 is 5.97 Å². The predicted octanol–water partition coefficient (Wildman–Crippen LogP) is 2.60. The molecule has 0 saturated carbocycles. The van der Waals surface area contributed by atoms with Gasteiger partial charge in [0.2, 0.25) is 5.76 Å². The number of rotatable bonds is 5. The van der Waals surface area contributed by atoms with Crippen LogP contribution >= 0.6 is 23.2 Å². The molecule has 2 rings (SSSR count). The Morgan fingerprint density at radius 2 is 2.09 bits per heavy atom. The number of halogens is 2. The van der Waals surface area contributed by atoms with E-state index in [-0.39, 0.29) is 18.4 Å². The fourth-order valence-corrected chi connectivity index (χ4v) is 2.13. The zero-order valence-electron chi connectivity index (χ0n) is 12.3. The average molecular weight is 360 g/mol. The van der Waals surface area contributed by atoms with Crippen LogP contribution in [0.5, 0.6) is 0 Å². The number of carbonyl (C=O) groups excluding carboxylic acids is 2. The summed E-state index contributed by atoms with van der Waals surface area (Å²) in [5, 5.41) is 3.53. The number of ether oxygens (including phenoxy) is 3. The first-order chi connectivity index (χ1) is 11.0. The molecule has 1 aromatic rings. The lowest BCUT2D eigenvalue weighted by atomic mass is 10.1. The third-order valence-electron chi connectivity index (χ3n) is 3.01. The van der Waals surface area contributed by atoms with E-state index in [9.17, 15) is 9.59 Å². The van der Waals surface area contributed by atoms with Crippen LogP contribution in [0.15, 0.2) is 30.2 Å². The molecular formula is C15H15Cl2NO5. The number of hydrogen-bond acceptors (Lipinski definition) is 5. The molecule has 8 heteroatoms. The summed E-state index contributed by atoms with van der Waals surface area (Å²) in [5.74, 6) is -1.25. The summed E-state index contributed by atoms with van der Waals surface area (Å²) in [6, 6.07) is 4.75. The van der Waals surface area contributed by atoms with Crippen molar-refractivity contribution >= 4 is 35.1 Å². The van der Waals surface area contributed by atoms with Crippen LogP contribution < -0.4 is 5.32 Å². The molecule has 1 aromatic carbocycles. The lowest BCUT2D eigenvalue weighted by molar-refractivity contribution is -0.149. The van der Waals surface area contributed by atoms with Gasteiger partial charge in [0.25, 0.3) is 5.91 Å². The van der Waals surface area contributed by atoms with Crippen molar-refractivity contribution in [2.45, 2.75) is 13.0 Å². The molecule has 23 heavy (non-hydrogen) atoms. The minimum absolute atomic E-state index is 0.0541. The van der Waals surface area contributed by atoms with E-state index in [1.165, 1.54) is 6.26 Å². The Morgan fingerprint density at radius 3 is 2.74 bits per heavy atom. The molecule has 0 saturated heterocycles. The SMILES string of the molecule is C[C@@H](NC(=O)COC(=O)C1=COCCO1)c1ccc(Cl)c(Cl)c1. The summed E-state index contributed by atoms with van der Waals surface area (Å²) in [4.78, 5) is 23.5. The first-order valence-electron chi connectivity index (χ1n) is 6.83. The summed E-state index contributed by atoms with van der Waals surface area (Å²) in [6.07, 6.45) is 1.17.